The summed E-state index contributed by atoms with van der Waals surface area (Å²) in [5.74, 6) is 0. The van der Waals surface area contributed by atoms with Crippen LogP contribution < -0.4 is 0 Å². The predicted molar refractivity (Wildman–Crippen MR) is 115 cm³/mol. The largest absolute Gasteiger partial charge is 0.147 e. The van der Waals surface area contributed by atoms with Gasteiger partial charge in [0.15, 0.2) is 0 Å². The standard InChI is InChI=1S/2C9H13.2CH3.2ClH.H2Si.Zr/c2*1-9(2,3)8-6-4-5-7-8;;;;;;/h2*4,6H,5H2,1-3H3;2*1H3;2*1H;1H2;. The summed E-state index contributed by atoms with van der Waals surface area (Å²) in [6.07, 6.45) is 12.0. The van der Waals surface area contributed by atoms with Gasteiger partial charge in [-0.05, 0) is 0 Å². The minimum Gasteiger partial charge on any atom is -0.147 e. The van der Waals surface area contributed by atoms with E-state index in [1.165, 1.54) is 12.8 Å². The van der Waals surface area contributed by atoms with Gasteiger partial charge in [0.25, 0.3) is 0 Å². The van der Waals surface area contributed by atoms with E-state index in [9.17, 15) is 0 Å². The topological polar surface area (TPSA) is 0 Å². The van der Waals surface area contributed by atoms with Crippen LogP contribution in [0.15, 0.2) is 42.0 Å². The second-order valence-electron chi connectivity index (χ2n) is 10.2. The molecule has 2 rings (SSSR count). The summed E-state index contributed by atoms with van der Waals surface area (Å²) < 4.78 is 8.99. The molecule has 0 aliphatic heterocycles. The molecule has 0 spiro atoms. The molecular formula is C20H36Cl2SiZr. The molecule has 0 unspecified atom stereocenters. The van der Waals surface area contributed by atoms with Crippen LogP contribution in [0.4, 0.5) is 0 Å². The van der Waals surface area contributed by atoms with Crippen molar-refractivity contribution in [3.63, 3.8) is 0 Å². The third-order valence-electron chi connectivity index (χ3n) is 5.41. The van der Waals surface area contributed by atoms with Crippen LogP contribution in [0, 0.1) is 10.8 Å². The molecule has 0 aromatic carbocycles. The van der Waals surface area contributed by atoms with Gasteiger partial charge in [-0.1, -0.05) is 0 Å². The summed E-state index contributed by atoms with van der Waals surface area (Å²) in [7, 11) is 0. The Morgan fingerprint density at radius 1 is 0.750 bits per heavy atom. The molecule has 0 fully saturated rings. The molecule has 2 aliphatic carbocycles. The maximum absolute atomic E-state index is 3.06. The summed E-state index contributed by atoms with van der Waals surface area (Å²) >= 11 is -3.06. The van der Waals surface area contributed by atoms with Crippen molar-refractivity contribution < 1.29 is 17.4 Å². The van der Waals surface area contributed by atoms with E-state index < -0.39 is 17.4 Å². The molecule has 0 heterocycles. The Balaban J connectivity index is 0.00000264. The summed E-state index contributed by atoms with van der Waals surface area (Å²) in [6.45, 7) is 16.6. The fourth-order valence-corrected chi connectivity index (χ4v) is 19.3. The molecule has 0 saturated heterocycles. The molecular weight excluding hydrogens is 430 g/mol. The minimum atomic E-state index is -3.06. The maximum atomic E-state index is 2.67. The van der Waals surface area contributed by atoms with Crippen LogP contribution in [0.1, 0.15) is 54.4 Å². The first kappa shape index (κ1) is 24.6. The van der Waals surface area contributed by atoms with Crippen LogP contribution in [-0.4, -0.2) is 6.88 Å². The second-order valence-corrected chi connectivity index (χ2v) is 38.9. The van der Waals surface area contributed by atoms with E-state index in [1.807, 2.05) is 6.56 Å². The third-order valence-corrected chi connectivity index (χ3v) is 22.3. The summed E-state index contributed by atoms with van der Waals surface area (Å²) in [5, 5.41) is 0. The van der Waals surface area contributed by atoms with Gasteiger partial charge in [-0.15, -0.1) is 24.8 Å². The van der Waals surface area contributed by atoms with Crippen molar-refractivity contribution in [3.8, 4) is 0 Å². The van der Waals surface area contributed by atoms with Crippen LogP contribution >= 0.6 is 24.8 Å². The van der Waals surface area contributed by atoms with E-state index in [4.69, 9.17) is 0 Å². The minimum absolute atomic E-state index is 0. The van der Waals surface area contributed by atoms with Gasteiger partial charge in [0.05, 0.1) is 0 Å². The van der Waals surface area contributed by atoms with Crippen molar-refractivity contribution >= 4 is 31.7 Å². The zero-order valence-corrected chi connectivity index (χ0v) is 22.3. The fraction of sp³-hybridized carbons (Fsp3) is 0.600. The molecule has 0 atom stereocenters. The first-order valence-electron chi connectivity index (χ1n) is 8.62. The van der Waals surface area contributed by atoms with Gasteiger partial charge in [0.2, 0.25) is 0 Å². The Morgan fingerprint density at radius 2 is 1.04 bits per heavy atom. The normalized spacial score (nSPS) is 18.9. The molecule has 0 radical (unpaired) electrons. The van der Waals surface area contributed by atoms with Gasteiger partial charge in [-0.25, -0.2) is 0 Å². The first-order valence-corrected chi connectivity index (χ1v) is 21.9. The van der Waals surface area contributed by atoms with E-state index in [-0.39, 0.29) is 35.6 Å². The molecule has 138 valence electrons. The van der Waals surface area contributed by atoms with E-state index in [0.717, 1.165) is 0 Å². The van der Waals surface area contributed by atoms with Crippen molar-refractivity contribution in [3.05, 3.63) is 42.0 Å². The van der Waals surface area contributed by atoms with E-state index in [2.05, 4.69) is 82.0 Å². The first-order chi connectivity index (χ1) is 9.74. The fourth-order valence-electron chi connectivity index (χ4n) is 4.12. The maximum Gasteiger partial charge on any atom is -0.147 e. The van der Waals surface area contributed by atoms with Crippen molar-refractivity contribution in [1.29, 1.82) is 0 Å². The van der Waals surface area contributed by atoms with E-state index in [0.29, 0.717) is 0 Å². The van der Waals surface area contributed by atoms with Crippen molar-refractivity contribution in [1.82, 2.24) is 0 Å². The van der Waals surface area contributed by atoms with Crippen LogP contribution in [0.2, 0.25) is 9.26 Å². The molecule has 4 heteroatoms. The molecule has 0 aromatic heterocycles. The molecule has 24 heavy (non-hydrogen) atoms. The van der Waals surface area contributed by atoms with Crippen LogP contribution in [-0.2, 0) is 17.4 Å². The monoisotopic (exact) mass is 464 g/mol. The summed E-state index contributed by atoms with van der Waals surface area (Å²) in [6, 6.07) is 0. The van der Waals surface area contributed by atoms with Gasteiger partial charge >= 0.3 is 141 Å². The SMILES string of the molecule is CC(C)(C)C1=[C]([Zr]([CH3])([CH3])(=[SiH2])[C]2=C(C(C)(C)C)C=CC2)CC=C1.Cl.Cl. The zero-order valence-electron chi connectivity index (χ0n) is 16.7. The average molecular weight is 467 g/mol. The molecule has 0 N–H and O–H groups in total. The number of hydrogen-bond donors (Lipinski definition) is 0. The number of hydrogen-bond acceptors (Lipinski definition) is 0. The summed E-state index contributed by atoms with van der Waals surface area (Å²) in [5.41, 5.74) is 3.79. The summed E-state index contributed by atoms with van der Waals surface area (Å²) in [4.78, 5) is 0. The number of allylic oxidation sites excluding steroid dienone is 8. The Labute approximate surface area is 164 Å². The molecule has 0 amide bonds. The van der Waals surface area contributed by atoms with Crippen LogP contribution in [0.5, 0.6) is 0 Å². The van der Waals surface area contributed by atoms with Gasteiger partial charge < -0.3 is 0 Å². The number of halogens is 2. The average Bonchev–Trinajstić information content (AvgIpc) is 2.97. The van der Waals surface area contributed by atoms with Gasteiger partial charge in [0, 0.05) is 0 Å². The van der Waals surface area contributed by atoms with Crippen molar-refractivity contribution in [2.75, 3.05) is 0 Å². The van der Waals surface area contributed by atoms with Gasteiger partial charge in [0.1, 0.15) is 0 Å². The molecule has 0 aromatic rings. The second kappa shape index (κ2) is 7.34. The van der Waals surface area contributed by atoms with Gasteiger partial charge in [-0.2, -0.15) is 0 Å². The van der Waals surface area contributed by atoms with E-state index in [1.54, 1.807) is 11.1 Å². The Kier molecular flexibility index (Phi) is 7.53. The van der Waals surface area contributed by atoms with Gasteiger partial charge in [-0.3, -0.25) is 0 Å². The van der Waals surface area contributed by atoms with Crippen molar-refractivity contribution in [2.45, 2.75) is 63.6 Å². The van der Waals surface area contributed by atoms with Crippen molar-refractivity contribution in [2.24, 2.45) is 10.8 Å². The van der Waals surface area contributed by atoms with Crippen LogP contribution in [0.3, 0.4) is 0 Å². The Morgan fingerprint density at radius 3 is 1.29 bits per heavy atom. The van der Waals surface area contributed by atoms with E-state index >= 15 is 0 Å². The third kappa shape index (κ3) is 4.48. The molecule has 0 saturated carbocycles. The molecule has 0 bridgehead atoms. The predicted octanol–water partition coefficient (Wildman–Crippen LogP) is 6.68. The quantitative estimate of drug-likeness (QED) is 0.398. The van der Waals surface area contributed by atoms with Crippen LogP contribution in [0.25, 0.3) is 0 Å². The molecule has 2 aliphatic rings. The smallest absolute Gasteiger partial charge is 0.147 e. The molecule has 0 nitrogen and oxygen atoms in total. The Bertz CT molecular complexity index is 632. The zero-order chi connectivity index (χ0) is 17.0. The number of rotatable bonds is 2. The Hall–Kier alpha value is 0.640.